The molecule has 0 saturated carbocycles. The van der Waals surface area contributed by atoms with Crippen LogP contribution in [0.5, 0.6) is 0 Å². The van der Waals surface area contributed by atoms with Crippen LogP contribution in [0.4, 0.5) is 0 Å². The van der Waals surface area contributed by atoms with E-state index in [0.717, 1.165) is 30.5 Å². The van der Waals surface area contributed by atoms with E-state index in [0.29, 0.717) is 31.1 Å². The third-order valence-corrected chi connectivity index (χ3v) is 6.55. The highest BCUT2D eigenvalue weighted by atomic mass is 16.7. The van der Waals surface area contributed by atoms with Crippen LogP contribution in [0.1, 0.15) is 53.5 Å². The number of Topliss-reactive ketones (excluding diaryl/α,β-unsaturated/α-hetero) is 1. The molecule has 3 fully saturated rings. The summed E-state index contributed by atoms with van der Waals surface area (Å²) in [4.78, 5) is 15.8. The molecule has 28 heavy (non-hydrogen) atoms. The highest BCUT2D eigenvalue weighted by Gasteiger charge is 2.42. The Morgan fingerprint density at radius 2 is 1.54 bits per heavy atom. The van der Waals surface area contributed by atoms with Crippen molar-refractivity contribution < 1.29 is 14.3 Å². The summed E-state index contributed by atoms with van der Waals surface area (Å²) in [6.07, 6.45) is 4.13. The number of carbonyl (C=O) groups is 1. The van der Waals surface area contributed by atoms with Gasteiger partial charge in [0.05, 0.1) is 13.2 Å². The summed E-state index contributed by atoms with van der Waals surface area (Å²) in [6.45, 7) is 2.28. The lowest BCUT2D eigenvalue weighted by Crippen LogP contribution is -2.44. The summed E-state index contributed by atoms with van der Waals surface area (Å²) in [6, 6.07) is 19.6. The highest BCUT2D eigenvalue weighted by Crippen LogP contribution is 2.40. The van der Waals surface area contributed by atoms with E-state index in [1.54, 1.807) is 0 Å². The van der Waals surface area contributed by atoms with Crippen molar-refractivity contribution in [1.29, 1.82) is 0 Å². The number of hydrogen-bond donors (Lipinski definition) is 0. The molecule has 0 aliphatic carbocycles. The molecule has 0 spiro atoms. The van der Waals surface area contributed by atoms with Crippen LogP contribution in [0.25, 0.3) is 0 Å². The van der Waals surface area contributed by atoms with Crippen LogP contribution in [0.15, 0.2) is 54.6 Å². The van der Waals surface area contributed by atoms with Gasteiger partial charge in [-0.1, -0.05) is 54.6 Å². The van der Waals surface area contributed by atoms with Crippen LogP contribution >= 0.6 is 0 Å². The number of nitrogens with zero attached hydrogens (tertiary/aromatic N) is 1. The predicted molar refractivity (Wildman–Crippen MR) is 107 cm³/mol. The zero-order chi connectivity index (χ0) is 18.9. The lowest BCUT2D eigenvalue weighted by atomic mass is 9.84. The molecule has 2 bridgehead atoms. The van der Waals surface area contributed by atoms with Crippen molar-refractivity contribution in [3.63, 3.8) is 0 Å². The van der Waals surface area contributed by atoms with E-state index < -0.39 is 0 Å². The van der Waals surface area contributed by atoms with Crippen molar-refractivity contribution >= 4 is 5.78 Å². The predicted octanol–water partition coefficient (Wildman–Crippen LogP) is 4.36. The second-order valence-corrected chi connectivity index (χ2v) is 8.27. The topological polar surface area (TPSA) is 38.8 Å². The zero-order valence-corrected chi connectivity index (χ0v) is 16.1. The molecule has 146 valence electrons. The highest BCUT2D eigenvalue weighted by molar-refractivity contribution is 5.98. The second kappa shape index (κ2) is 7.78. The SMILES string of the molecule is O=C(c1ccc(C2OCCO2)cc1)C1CC2CCC(C1)N2Cc1ccccc1. The average molecular weight is 377 g/mol. The molecular weight excluding hydrogens is 350 g/mol. The fraction of sp³-hybridized carbons (Fsp3) is 0.458. The fourth-order valence-electron chi connectivity index (χ4n) is 5.13. The summed E-state index contributed by atoms with van der Waals surface area (Å²) >= 11 is 0. The number of benzene rings is 2. The summed E-state index contributed by atoms with van der Waals surface area (Å²) in [7, 11) is 0. The minimum atomic E-state index is -0.277. The molecule has 4 heteroatoms. The van der Waals surface area contributed by atoms with Crippen LogP contribution in [0.3, 0.4) is 0 Å². The Balaban J connectivity index is 1.25. The molecule has 0 N–H and O–H groups in total. The smallest absolute Gasteiger partial charge is 0.184 e. The van der Waals surface area contributed by atoms with Gasteiger partial charge in [0.15, 0.2) is 12.1 Å². The number of carbonyl (C=O) groups excluding carboxylic acids is 1. The molecule has 2 aromatic rings. The first-order chi connectivity index (χ1) is 13.8. The Hall–Kier alpha value is -2.01. The van der Waals surface area contributed by atoms with Gasteiger partial charge in [0.25, 0.3) is 0 Å². The lowest BCUT2D eigenvalue weighted by molar-refractivity contribution is -0.0441. The van der Waals surface area contributed by atoms with Gasteiger partial charge < -0.3 is 9.47 Å². The van der Waals surface area contributed by atoms with Crippen LogP contribution in [0, 0.1) is 5.92 Å². The number of rotatable bonds is 5. The van der Waals surface area contributed by atoms with Gasteiger partial charge in [-0.05, 0) is 31.2 Å². The first-order valence-corrected chi connectivity index (χ1v) is 10.4. The van der Waals surface area contributed by atoms with Crippen LogP contribution in [-0.2, 0) is 16.0 Å². The largest absolute Gasteiger partial charge is 0.346 e. The van der Waals surface area contributed by atoms with Gasteiger partial charge >= 0.3 is 0 Å². The number of piperidine rings is 1. The van der Waals surface area contributed by atoms with E-state index in [-0.39, 0.29) is 12.2 Å². The van der Waals surface area contributed by atoms with Gasteiger partial charge in [-0.15, -0.1) is 0 Å². The molecule has 5 rings (SSSR count). The Morgan fingerprint density at radius 3 is 2.18 bits per heavy atom. The third-order valence-electron chi connectivity index (χ3n) is 6.55. The zero-order valence-electron chi connectivity index (χ0n) is 16.1. The summed E-state index contributed by atoms with van der Waals surface area (Å²) in [5.41, 5.74) is 3.19. The molecule has 2 unspecified atom stereocenters. The fourth-order valence-corrected chi connectivity index (χ4v) is 5.13. The van der Waals surface area contributed by atoms with Gasteiger partial charge in [0, 0.05) is 35.7 Å². The number of ketones is 1. The maximum atomic E-state index is 13.1. The van der Waals surface area contributed by atoms with Gasteiger partial charge in [0.1, 0.15) is 0 Å². The Labute approximate surface area is 166 Å². The van der Waals surface area contributed by atoms with Crippen molar-refractivity contribution in [3.05, 3.63) is 71.3 Å². The Kier molecular flexibility index (Phi) is 5.02. The molecule has 2 atom stereocenters. The molecular formula is C24H27NO3. The van der Waals surface area contributed by atoms with Crippen molar-refractivity contribution in [2.75, 3.05) is 13.2 Å². The minimum Gasteiger partial charge on any atom is -0.346 e. The summed E-state index contributed by atoms with van der Waals surface area (Å²) in [5, 5.41) is 0. The molecule has 0 amide bonds. The van der Waals surface area contributed by atoms with Gasteiger partial charge in [-0.3, -0.25) is 9.69 Å². The van der Waals surface area contributed by atoms with Crippen LogP contribution in [0.2, 0.25) is 0 Å². The molecule has 3 saturated heterocycles. The van der Waals surface area contributed by atoms with Crippen molar-refractivity contribution in [2.45, 2.75) is 50.6 Å². The van der Waals surface area contributed by atoms with Crippen LogP contribution < -0.4 is 0 Å². The average Bonchev–Trinajstić information content (AvgIpc) is 3.34. The maximum absolute atomic E-state index is 13.1. The molecule has 3 heterocycles. The van der Waals surface area contributed by atoms with Gasteiger partial charge in [0.2, 0.25) is 0 Å². The summed E-state index contributed by atoms with van der Waals surface area (Å²) in [5.74, 6) is 0.449. The molecule has 4 nitrogen and oxygen atoms in total. The molecule has 3 aliphatic rings. The van der Waals surface area contributed by atoms with E-state index in [1.807, 2.05) is 24.3 Å². The number of hydrogen-bond acceptors (Lipinski definition) is 4. The Morgan fingerprint density at radius 1 is 0.893 bits per heavy atom. The van der Waals surface area contributed by atoms with E-state index in [1.165, 1.54) is 18.4 Å². The van der Waals surface area contributed by atoms with Crippen LogP contribution in [-0.4, -0.2) is 36.0 Å². The minimum absolute atomic E-state index is 0.148. The monoisotopic (exact) mass is 377 g/mol. The molecule has 0 radical (unpaired) electrons. The molecule has 3 aliphatic heterocycles. The number of ether oxygens (including phenoxy) is 2. The molecule has 2 aromatic carbocycles. The molecule has 0 aromatic heterocycles. The first kappa shape index (κ1) is 18.0. The van der Waals surface area contributed by atoms with E-state index in [9.17, 15) is 4.79 Å². The van der Waals surface area contributed by atoms with Crippen molar-refractivity contribution in [1.82, 2.24) is 4.90 Å². The second-order valence-electron chi connectivity index (χ2n) is 8.27. The van der Waals surface area contributed by atoms with Gasteiger partial charge in [-0.25, -0.2) is 0 Å². The standard InChI is InChI=1S/C24H27NO3/c26-23(18-6-8-19(9-7-18)24-27-12-13-28-24)20-14-21-10-11-22(15-20)25(21)16-17-4-2-1-3-5-17/h1-9,20-22,24H,10-16H2. The normalized spacial score (nSPS) is 27.9. The first-order valence-electron chi connectivity index (χ1n) is 10.4. The van der Waals surface area contributed by atoms with E-state index in [2.05, 4.69) is 35.2 Å². The maximum Gasteiger partial charge on any atom is 0.184 e. The Bertz CT molecular complexity index is 800. The lowest BCUT2D eigenvalue weighted by Gasteiger charge is -2.38. The van der Waals surface area contributed by atoms with Crippen molar-refractivity contribution in [2.24, 2.45) is 5.92 Å². The van der Waals surface area contributed by atoms with Crippen molar-refractivity contribution in [3.8, 4) is 0 Å². The number of fused-ring (bicyclic) bond motifs is 2. The van der Waals surface area contributed by atoms with E-state index in [4.69, 9.17) is 9.47 Å². The summed E-state index contributed by atoms with van der Waals surface area (Å²) < 4.78 is 11.1. The van der Waals surface area contributed by atoms with E-state index >= 15 is 0 Å². The van der Waals surface area contributed by atoms with Gasteiger partial charge in [-0.2, -0.15) is 0 Å². The third kappa shape index (κ3) is 3.52. The quantitative estimate of drug-likeness (QED) is 0.726.